The number of hydrogen-bond donors (Lipinski definition) is 2. The van der Waals surface area contributed by atoms with Gasteiger partial charge in [-0.25, -0.2) is 9.78 Å². The second kappa shape index (κ2) is 7.12. The third kappa shape index (κ3) is 3.55. The Morgan fingerprint density at radius 1 is 1.32 bits per heavy atom. The summed E-state index contributed by atoms with van der Waals surface area (Å²) in [6.07, 6.45) is 0. The van der Waals surface area contributed by atoms with E-state index < -0.39 is 17.4 Å². The third-order valence-corrected chi connectivity index (χ3v) is 3.61. The number of ketones is 1. The van der Waals surface area contributed by atoms with Crippen molar-refractivity contribution in [2.24, 2.45) is 0 Å². The van der Waals surface area contributed by atoms with E-state index in [1.165, 1.54) is 6.92 Å². The van der Waals surface area contributed by atoms with Gasteiger partial charge in [0.25, 0.3) is 5.56 Å². The molecular formula is C10H10N2Na2O4S. The summed E-state index contributed by atoms with van der Waals surface area (Å²) in [5, 5.41) is 9.04. The standard InChI is InChI=1S/C10H8N2O4S.2Na.2H/c1-3-5-8(14)11-7(10(15)16)12-9(5)17-6(3)4(2)13;;;;/h1-2H3,(H,15,16)(H,11,12,14);;;;. The van der Waals surface area contributed by atoms with Gasteiger partial charge in [0.05, 0.1) is 10.3 Å². The summed E-state index contributed by atoms with van der Waals surface area (Å²) in [7, 11) is 0. The number of carboxylic acid groups (broad SMARTS) is 1. The molecule has 0 radical (unpaired) electrons. The average molecular weight is 300 g/mol. The number of Topliss-reactive ketones (excluding diaryl/α,β-unsaturated/α-hetero) is 1. The molecule has 2 rings (SSSR count). The van der Waals surface area contributed by atoms with Gasteiger partial charge in [-0.2, -0.15) is 0 Å². The molecule has 0 unspecified atom stereocenters. The third-order valence-electron chi connectivity index (χ3n) is 2.32. The summed E-state index contributed by atoms with van der Waals surface area (Å²) >= 11 is 1.03. The molecular weight excluding hydrogens is 290 g/mol. The number of carboxylic acids is 1. The summed E-state index contributed by atoms with van der Waals surface area (Å²) < 4.78 is 0. The zero-order chi connectivity index (χ0) is 12.7. The van der Waals surface area contributed by atoms with Gasteiger partial charge in [0, 0.05) is 0 Å². The number of thiophene rings is 1. The number of carbonyl (C=O) groups is 2. The molecule has 0 bridgehead atoms. The Hall–Kier alpha value is -0.0200. The molecule has 0 amide bonds. The summed E-state index contributed by atoms with van der Waals surface area (Å²) in [5.41, 5.74) is 0.0110. The SMILES string of the molecule is CC(=O)c1sc2nc(C(=O)O)[nH]c(=O)c2c1C.[NaH].[NaH]. The molecule has 2 N–H and O–H groups in total. The molecule has 92 valence electrons. The van der Waals surface area contributed by atoms with Gasteiger partial charge in [0.2, 0.25) is 5.82 Å². The molecule has 0 aromatic carbocycles. The van der Waals surface area contributed by atoms with E-state index in [4.69, 9.17) is 5.11 Å². The van der Waals surface area contributed by atoms with Crippen molar-refractivity contribution in [2.45, 2.75) is 13.8 Å². The van der Waals surface area contributed by atoms with Crippen molar-refractivity contribution in [3.05, 3.63) is 26.6 Å². The number of nitrogens with one attached hydrogen (secondary N) is 1. The first-order chi connectivity index (χ1) is 7.91. The normalized spacial score (nSPS) is 9.58. The Morgan fingerprint density at radius 2 is 1.89 bits per heavy atom. The molecule has 2 aromatic heterocycles. The zero-order valence-electron chi connectivity index (χ0n) is 9.03. The Balaban J connectivity index is 0.00000162. The van der Waals surface area contributed by atoms with Crippen molar-refractivity contribution >= 4 is 92.4 Å². The van der Waals surface area contributed by atoms with Crippen molar-refractivity contribution in [1.29, 1.82) is 0 Å². The predicted molar refractivity (Wildman–Crippen MR) is 76.2 cm³/mol. The van der Waals surface area contributed by atoms with Gasteiger partial charge in [-0.05, 0) is 19.4 Å². The van der Waals surface area contributed by atoms with Gasteiger partial charge in [0.1, 0.15) is 4.83 Å². The topological polar surface area (TPSA) is 100 Å². The Labute approximate surface area is 156 Å². The summed E-state index contributed by atoms with van der Waals surface area (Å²) in [6, 6.07) is 0. The van der Waals surface area contributed by atoms with Crippen molar-refractivity contribution < 1.29 is 14.7 Å². The first-order valence-corrected chi connectivity index (χ1v) is 5.51. The maximum absolute atomic E-state index is 11.7. The van der Waals surface area contributed by atoms with Crippen LogP contribution in [0.25, 0.3) is 10.2 Å². The minimum atomic E-state index is -1.31. The number of fused-ring (bicyclic) bond motifs is 1. The molecule has 6 nitrogen and oxygen atoms in total. The molecule has 0 aliphatic rings. The van der Waals surface area contributed by atoms with Crippen molar-refractivity contribution in [3.8, 4) is 0 Å². The van der Waals surface area contributed by atoms with Crippen LogP contribution in [0, 0.1) is 6.92 Å². The first kappa shape index (κ1) is 19.0. The van der Waals surface area contributed by atoms with E-state index in [0.29, 0.717) is 10.4 Å². The van der Waals surface area contributed by atoms with Gasteiger partial charge in [-0.1, -0.05) is 0 Å². The van der Waals surface area contributed by atoms with Gasteiger partial charge in [-0.15, -0.1) is 11.3 Å². The van der Waals surface area contributed by atoms with Crippen molar-refractivity contribution in [2.75, 3.05) is 0 Å². The van der Waals surface area contributed by atoms with Crippen LogP contribution in [-0.2, 0) is 0 Å². The number of aromatic nitrogens is 2. The van der Waals surface area contributed by atoms with Gasteiger partial charge in [0.15, 0.2) is 5.78 Å². The first-order valence-electron chi connectivity index (χ1n) is 4.69. The van der Waals surface area contributed by atoms with Crippen LogP contribution in [0.1, 0.15) is 32.8 Å². The Kier molecular flexibility index (Phi) is 7.11. The van der Waals surface area contributed by atoms with Gasteiger partial charge < -0.3 is 10.1 Å². The fourth-order valence-electron chi connectivity index (χ4n) is 1.58. The summed E-state index contributed by atoms with van der Waals surface area (Å²) in [6.45, 7) is 3.04. The number of aromatic amines is 1. The molecule has 0 saturated carbocycles. The van der Waals surface area contributed by atoms with E-state index in [2.05, 4.69) is 9.97 Å². The molecule has 2 aromatic rings. The van der Waals surface area contributed by atoms with Crippen molar-refractivity contribution in [1.82, 2.24) is 9.97 Å². The number of aryl methyl sites for hydroxylation is 1. The Morgan fingerprint density at radius 3 is 2.37 bits per heavy atom. The van der Waals surface area contributed by atoms with Crippen LogP contribution in [-0.4, -0.2) is 85.9 Å². The summed E-state index contributed by atoms with van der Waals surface area (Å²) in [4.78, 5) is 40.4. The fraction of sp³-hybridized carbons (Fsp3) is 0.200. The Bertz CT molecular complexity index is 707. The van der Waals surface area contributed by atoms with E-state index in [1.54, 1.807) is 6.92 Å². The number of carbonyl (C=O) groups excluding carboxylic acids is 1. The van der Waals surface area contributed by atoms with E-state index in [9.17, 15) is 14.4 Å². The second-order valence-electron chi connectivity index (χ2n) is 3.51. The van der Waals surface area contributed by atoms with Gasteiger partial charge >= 0.3 is 65.1 Å². The van der Waals surface area contributed by atoms with E-state index >= 15 is 0 Å². The van der Waals surface area contributed by atoms with Crippen LogP contribution in [0.4, 0.5) is 0 Å². The number of H-pyrrole nitrogens is 1. The predicted octanol–water partition coefficient (Wildman–Crippen LogP) is -0.103. The molecule has 19 heavy (non-hydrogen) atoms. The molecule has 0 atom stereocenters. The molecule has 0 aliphatic heterocycles. The quantitative estimate of drug-likeness (QED) is 0.596. The number of nitrogens with zero attached hydrogens (tertiary/aromatic N) is 1. The monoisotopic (exact) mass is 300 g/mol. The zero-order valence-corrected chi connectivity index (χ0v) is 9.84. The molecule has 9 heteroatoms. The number of aromatic carboxylic acids is 1. The van der Waals surface area contributed by atoms with Crippen LogP contribution >= 0.6 is 11.3 Å². The average Bonchev–Trinajstić information content (AvgIpc) is 2.56. The van der Waals surface area contributed by atoms with E-state index in [1.807, 2.05) is 0 Å². The number of rotatable bonds is 2. The molecule has 2 heterocycles. The second-order valence-corrected chi connectivity index (χ2v) is 4.51. The summed E-state index contributed by atoms with van der Waals surface area (Å²) in [5.74, 6) is -1.89. The number of hydrogen-bond acceptors (Lipinski definition) is 5. The van der Waals surface area contributed by atoms with E-state index in [-0.39, 0.29) is 75.1 Å². The van der Waals surface area contributed by atoms with Crippen LogP contribution in [0.5, 0.6) is 0 Å². The van der Waals surface area contributed by atoms with E-state index in [0.717, 1.165) is 11.3 Å². The van der Waals surface area contributed by atoms with Crippen LogP contribution in [0.15, 0.2) is 4.79 Å². The molecule has 0 fully saturated rings. The molecule has 0 aliphatic carbocycles. The van der Waals surface area contributed by atoms with Crippen LogP contribution in [0.3, 0.4) is 0 Å². The van der Waals surface area contributed by atoms with Crippen molar-refractivity contribution in [3.63, 3.8) is 0 Å². The molecule has 0 saturated heterocycles. The fourth-order valence-corrected chi connectivity index (χ4v) is 2.66. The van der Waals surface area contributed by atoms with Crippen LogP contribution < -0.4 is 5.56 Å². The van der Waals surface area contributed by atoms with Crippen LogP contribution in [0.2, 0.25) is 0 Å². The maximum atomic E-state index is 11.7. The van der Waals surface area contributed by atoms with Gasteiger partial charge in [-0.3, -0.25) is 9.59 Å². The molecule has 0 spiro atoms. The minimum absolute atomic E-state index is 0.